The highest BCUT2D eigenvalue weighted by atomic mass is 28.4. The van der Waals surface area contributed by atoms with Crippen LogP contribution in [0, 0.1) is 6.92 Å². The van der Waals surface area contributed by atoms with Gasteiger partial charge in [-0.25, -0.2) is 0 Å². The zero-order chi connectivity index (χ0) is 15.2. The summed E-state index contributed by atoms with van der Waals surface area (Å²) in [4.78, 5) is 0. The third-order valence-corrected chi connectivity index (χ3v) is 8.71. The van der Waals surface area contributed by atoms with Crippen molar-refractivity contribution in [3.63, 3.8) is 0 Å². The van der Waals surface area contributed by atoms with Crippen molar-refractivity contribution in [1.29, 1.82) is 0 Å². The Morgan fingerprint density at radius 2 is 1.70 bits per heavy atom. The van der Waals surface area contributed by atoms with Crippen molar-refractivity contribution < 1.29 is 4.43 Å². The number of aryl methyl sites for hydroxylation is 1. The highest BCUT2D eigenvalue weighted by Crippen LogP contribution is 2.36. The van der Waals surface area contributed by atoms with Crippen molar-refractivity contribution in [2.45, 2.75) is 58.7 Å². The van der Waals surface area contributed by atoms with Gasteiger partial charge in [0, 0.05) is 6.61 Å². The van der Waals surface area contributed by atoms with Crippen LogP contribution in [-0.2, 0) is 4.43 Å². The van der Waals surface area contributed by atoms with E-state index in [9.17, 15) is 0 Å². The van der Waals surface area contributed by atoms with Crippen LogP contribution >= 0.6 is 0 Å². The van der Waals surface area contributed by atoms with Crippen molar-refractivity contribution in [2.24, 2.45) is 0 Å². The zero-order valence-electron chi connectivity index (χ0n) is 14.0. The number of allylic oxidation sites excluding steroid dienone is 1. The van der Waals surface area contributed by atoms with E-state index in [1.165, 1.54) is 11.1 Å². The third kappa shape index (κ3) is 5.64. The molecule has 1 rings (SSSR count). The lowest BCUT2D eigenvalue weighted by Crippen LogP contribution is -2.40. The Hall–Kier alpha value is -0.863. The van der Waals surface area contributed by atoms with Gasteiger partial charge in [-0.05, 0) is 43.5 Å². The van der Waals surface area contributed by atoms with E-state index in [0.717, 1.165) is 19.4 Å². The molecular weight excluding hydrogens is 260 g/mol. The van der Waals surface area contributed by atoms with E-state index < -0.39 is 8.32 Å². The molecule has 0 aliphatic rings. The van der Waals surface area contributed by atoms with Crippen LogP contribution in [0.1, 0.15) is 44.7 Å². The lowest BCUT2D eigenvalue weighted by atomic mass is 10.1. The molecule has 2 heteroatoms. The molecule has 0 N–H and O–H groups in total. The van der Waals surface area contributed by atoms with E-state index in [1.807, 2.05) is 0 Å². The summed E-state index contributed by atoms with van der Waals surface area (Å²) >= 11 is 0. The highest BCUT2D eigenvalue weighted by molar-refractivity contribution is 6.74. The number of unbranched alkanes of at least 4 members (excludes halogenated alkanes) is 1. The lowest BCUT2D eigenvalue weighted by molar-refractivity contribution is 0.283. The second kappa shape index (κ2) is 7.23. The number of rotatable bonds is 6. The predicted molar refractivity (Wildman–Crippen MR) is 92.6 cm³/mol. The molecule has 0 saturated heterocycles. The lowest BCUT2D eigenvalue weighted by Gasteiger charge is -2.36. The summed E-state index contributed by atoms with van der Waals surface area (Å²) in [5.74, 6) is 0. The molecule has 1 nitrogen and oxygen atoms in total. The Morgan fingerprint density at radius 3 is 2.25 bits per heavy atom. The standard InChI is InChI=1S/C18H30OSi/c1-16-11-13-17(14-12-16)10-8-7-9-15-19-20(5,6)18(2,3)4/h8,10-14H,7,9,15H2,1-6H3/b10-8-. The second-order valence-electron chi connectivity index (χ2n) is 7.06. The van der Waals surface area contributed by atoms with Gasteiger partial charge in [0.1, 0.15) is 0 Å². The smallest absolute Gasteiger partial charge is 0.191 e. The molecular formula is C18H30OSi. The average molecular weight is 291 g/mol. The van der Waals surface area contributed by atoms with Crippen LogP contribution < -0.4 is 0 Å². The molecule has 20 heavy (non-hydrogen) atoms. The van der Waals surface area contributed by atoms with Crippen molar-refractivity contribution in [3.05, 3.63) is 41.5 Å². The zero-order valence-corrected chi connectivity index (χ0v) is 15.0. The Bertz CT molecular complexity index is 424. The van der Waals surface area contributed by atoms with Crippen molar-refractivity contribution in [1.82, 2.24) is 0 Å². The van der Waals surface area contributed by atoms with Crippen molar-refractivity contribution in [2.75, 3.05) is 6.61 Å². The van der Waals surface area contributed by atoms with Crippen LogP contribution in [-0.4, -0.2) is 14.9 Å². The van der Waals surface area contributed by atoms with Gasteiger partial charge in [0.25, 0.3) is 0 Å². The molecule has 0 aliphatic carbocycles. The maximum atomic E-state index is 6.17. The molecule has 0 heterocycles. The maximum absolute atomic E-state index is 6.17. The van der Waals surface area contributed by atoms with E-state index in [-0.39, 0.29) is 0 Å². The van der Waals surface area contributed by atoms with E-state index in [4.69, 9.17) is 4.43 Å². The molecule has 0 fully saturated rings. The van der Waals surface area contributed by atoms with E-state index in [0.29, 0.717) is 5.04 Å². The maximum Gasteiger partial charge on any atom is 0.191 e. The van der Waals surface area contributed by atoms with Gasteiger partial charge in [0.2, 0.25) is 0 Å². The predicted octanol–water partition coefficient (Wildman–Crippen LogP) is 5.81. The van der Waals surface area contributed by atoms with Crippen LogP contribution in [0.25, 0.3) is 6.08 Å². The minimum absolute atomic E-state index is 0.310. The second-order valence-corrected chi connectivity index (χ2v) is 11.9. The summed E-state index contributed by atoms with van der Waals surface area (Å²) in [6.07, 6.45) is 6.64. The highest BCUT2D eigenvalue weighted by Gasteiger charge is 2.36. The largest absolute Gasteiger partial charge is 0.417 e. The van der Waals surface area contributed by atoms with Crippen LogP contribution in [0.2, 0.25) is 18.1 Å². The quantitative estimate of drug-likeness (QED) is 0.474. The molecule has 0 bridgehead atoms. The Morgan fingerprint density at radius 1 is 1.10 bits per heavy atom. The van der Waals surface area contributed by atoms with Gasteiger partial charge in [0.15, 0.2) is 8.32 Å². The minimum atomic E-state index is -1.56. The summed E-state index contributed by atoms with van der Waals surface area (Å²) in [6, 6.07) is 8.64. The van der Waals surface area contributed by atoms with Crippen LogP contribution in [0.3, 0.4) is 0 Å². The van der Waals surface area contributed by atoms with Crippen molar-refractivity contribution in [3.8, 4) is 0 Å². The molecule has 0 unspecified atom stereocenters. The van der Waals surface area contributed by atoms with Crippen molar-refractivity contribution >= 4 is 14.4 Å². The summed E-state index contributed by atoms with van der Waals surface area (Å²) in [5, 5.41) is 0.310. The number of benzene rings is 1. The van der Waals surface area contributed by atoms with Gasteiger partial charge in [-0.1, -0.05) is 62.8 Å². The molecule has 0 aromatic heterocycles. The fraction of sp³-hybridized carbons (Fsp3) is 0.556. The fourth-order valence-corrected chi connectivity index (χ4v) is 2.73. The first-order valence-corrected chi connectivity index (χ1v) is 10.5. The summed E-state index contributed by atoms with van der Waals surface area (Å²) in [6.45, 7) is 14.5. The summed E-state index contributed by atoms with van der Waals surface area (Å²) in [5.41, 5.74) is 2.59. The first-order valence-electron chi connectivity index (χ1n) is 7.59. The van der Waals surface area contributed by atoms with Crippen LogP contribution in [0.15, 0.2) is 30.3 Å². The number of hydrogen-bond acceptors (Lipinski definition) is 1. The summed E-state index contributed by atoms with van der Waals surface area (Å²) in [7, 11) is -1.56. The molecule has 0 atom stereocenters. The fourth-order valence-electron chi connectivity index (χ4n) is 1.64. The van der Waals surface area contributed by atoms with Crippen LogP contribution in [0.5, 0.6) is 0 Å². The van der Waals surface area contributed by atoms with E-state index in [1.54, 1.807) is 0 Å². The SMILES string of the molecule is Cc1ccc(/C=C\CCCO[Si](C)(C)C(C)(C)C)cc1. The molecule has 1 aromatic rings. The molecule has 0 amide bonds. The topological polar surface area (TPSA) is 9.23 Å². The van der Waals surface area contributed by atoms with Gasteiger partial charge < -0.3 is 4.43 Å². The average Bonchev–Trinajstić information content (AvgIpc) is 2.34. The molecule has 0 saturated carbocycles. The van der Waals surface area contributed by atoms with Crippen LogP contribution in [0.4, 0.5) is 0 Å². The van der Waals surface area contributed by atoms with Gasteiger partial charge >= 0.3 is 0 Å². The molecule has 112 valence electrons. The Labute approximate surface area is 126 Å². The van der Waals surface area contributed by atoms with Gasteiger partial charge in [-0.15, -0.1) is 0 Å². The van der Waals surface area contributed by atoms with Gasteiger partial charge in [-0.2, -0.15) is 0 Å². The first kappa shape index (κ1) is 17.2. The van der Waals surface area contributed by atoms with Gasteiger partial charge in [0.05, 0.1) is 0 Å². The molecule has 0 spiro atoms. The normalized spacial score (nSPS) is 13.1. The Kier molecular flexibility index (Phi) is 6.22. The Balaban J connectivity index is 2.27. The van der Waals surface area contributed by atoms with E-state index >= 15 is 0 Å². The third-order valence-electron chi connectivity index (χ3n) is 4.17. The molecule has 1 aromatic carbocycles. The number of hydrogen-bond donors (Lipinski definition) is 0. The molecule has 0 aliphatic heterocycles. The van der Waals surface area contributed by atoms with E-state index in [2.05, 4.69) is 77.2 Å². The molecule has 0 radical (unpaired) electrons. The minimum Gasteiger partial charge on any atom is -0.417 e. The first-order chi connectivity index (χ1) is 9.22. The van der Waals surface area contributed by atoms with Gasteiger partial charge in [-0.3, -0.25) is 0 Å². The monoisotopic (exact) mass is 290 g/mol. The summed E-state index contributed by atoms with van der Waals surface area (Å²) < 4.78 is 6.17.